The number of anilines is 1. The van der Waals surface area contributed by atoms with Gasteiger partial charge in [-0.3, -0.25) is 4.55 Å². The van der Waals surface area contributed by atoms with Crippen molar-refractivity contribution in [3.63, 3.8) is 0 Å². The van der Waals surface area contributed by atoms with E-state index in [0.29, 0.717) is 0 Å². The van der Waals surface area contributed by atoms with Gasteiger partial charge in [-0.1, -0.05) is 13.3 Å². The molecule has 84 valence electrons. The molecular formula is C10H15NO3S. The van der Waals surface area contributed by atoms with Gasteiger partial charge in [0.25, 0.3) is 10.1 Å². The molecule has 5 heteroatoms. The fourth-order valence-electron chi connectivity index (χ4n) is 1.15. The lowest BCUT2D eigenvalue weighted by atomic mass is 10.3. The van der Waals surface area contributed by atoms with Gasteiger partial charge in [0, 0.05) is 12.2 Å². The summed E-state index contributed by atoms with van der Waals surface area (Å²) in [7, 11) is -4.07. The second-order valence-corrected chi connectivity index (χ2v) is 4.70. The van der Waals surface area contributed by atoms with E-state index in [1.54, 1.807) is 12.1 Å². The highest BCUT2D eigenvalue weighted by molar-refractivity contribution is 7.85. The smallest absolute Gasteiger partial charge is 0.294 e. The summed E-state index contributed by atoms with van der Waals surface area (Å²) in [5.41, 5.74) is 0.857. The van der Waals surface area contributed by atoms with Crippen LogP contribution >= 0.6 is 0 Å². The summed E-state index contributed by atoms with van der Waals surface area (Å²) in [5.74, 6) is 0. The molecule has 0 heterocycles. The van der Waals surface area contributed by atoms with Crippen molar-refractivity contribution in [2.45, 2.75) is 24.7 Å². The summed E-state index contributed by atoms with van der Waals surface area (Å²) < 4.78 is 30.2. The second-order valence-electron chi connectivity index (χ2n) is 3.28. The van der Waals surface area contributed by atoms with Crippen LogP contribution in [0.25, 0.3) is 0 Å². The molecule has 0 spiro atoms. The van der Waals surface area contributed by atoms with Crippen LogP contribution < -0.4 is 5.32 Å². The molecule has 2 N–H and O–H groups in total. The van der Waals surface area contributed by atoms with Crippen molar-refractivity contribution in [1.82, 2.24) is 0 Å². The third kappa shape index (κ3) is 3.89. The van der Waals surface area contributed by atoms with Gasteiger partial charge in [0.15, 0.2) is 0 Å². The van der Waals surface area contributed by atoms with Crippen LogP contribution in [-0.4, -0.2) is 19.5 Å². The van der Waals surface area contributed by atoms with Crippen molar-refractivity contribution in [2.24, 2.45) is 0 Å². The summed E-state index contributed by atoms with van der Waals surface area (Å²) in [6, 6.07) is 6.03. The predicted molar refractivity (Wildman–Crippen MR) is 59.7 cm³/mol. The molecule has 0 saturated heterocycles. The lowest BCUT2D eigenvalue weighted by Crippen LogP contribution is -2.02. The van der Waals surface area contributed by atoms with E-state index in [1.165, 1.54) is 12.1 Å². The van der Waals surface area contributed by atoms with E-state index < -0.39 is 10.1 Å². The zero-order valence-electron chi connectivity index (χ0n) is 8.60. The lowest BCUT2D eigenvalue weighted by Gasteiger charge is -2.05. The van der Waals surface area contributed by atoms with Crippen molar-refractivity contribution in [3.8, 4) is 0 Å². The van der Waals surface area contributed by atoms with Crippen LogP contribution in [0, 0.1) is 0 Å². The zero-order valence-corrected chi connectivity index (χ0v) is 9.42. The highest BCUT2D eigenvalue weighted by atomic mass is 32.2. The fraction of sp³-hybridized carbons (Fsp3) is 0.400. The number of hydrogen-bond donors (Lipinski definition) is 2. The van der Waals surface area contributed by atoms with E-state index in [4.69, 9.17) is 4.55 Å². The first-order chi connectivity index (χ1) is 7.04. The summed E-state index contributed by atoms with van der Waals surface area (Å²) >= 11 is 0. The summed E-state index contributed by atoms with van der Waals surface area (Å²) in [5, 5.41) is 3.15. The molecule has 0 fully saturated rings. The van der Waals surface area contributed by atoms with Crippen LogP contribution in [0.1, 0.15) is 19.8 Å². The lowest BCUT2D eigenvalue weighted by molar-refractivity contribution is 0.483. The molecule has 0 saturated carbocycles. The van der Waals surface area contributed by atoms with Crippen LogP contribution in [-0.2, 0) is 10.1 Å². The molecule has 0 aliphatic carbocycles. The topological polar surface area (TPSA) is 66.4 Å². The molecule has 1 aromatic carbocycles. The van der Waals surface area contributed by atoms with Crippen molar-refractivity contribution in [3.05, 3.63) is 24.3 Å². The van der Waals surface area contributed by atoms with Gasteiger partial charge in [-0.05, 0) is 30.7 Å². The average Bonchev–Trinajstić information content (AvgIpc) is 2.18. The van der Waals surface area contributed by atoms with Crippen LogP contribution in [0.4, 0.5) is 5.69 Å². The molecule has 1 rings (SSSR count). The quantitative estimate of drug-likeness (QED) is 0.599. The molecule has 0 unspecified atom stereocenters. The molecule has 0 amide bonds. The Morgan fingerprint density at radius 2 is 1.87 bits per heavy atom. The summed E-state index contributed by atoms with van der Waals surface area (Å²) in [6.07, 6.45) is 2.18. The van der Waals surface area contributed by atoms with Crippen LogP contribution in [0.15, 0.2) is 29.2 Å². The van der Waals surface area contributed by atoms with E-state index >= 15 is 0 Å². The Hall–Kier alpha value is -1.07. The van der Waals surface area contributed by atoms with Gasteiger partial charge < -0.3 is 5.32 Å². The highest BCUT2D eigenvalue weighted by Crippen LogP contribution is 2.13. The van der Waals surface area contributed by atoms with Gasteiger partial charge in [-0.15, -0.1) is 0 Å². The zero-order chi connectivity index (χ0) is 11.3. The monoisotopic (exact) mass is 229 g/mol. The normalized spacial score (nSPS) is 11.3. The van der Waals surface area contributed by atoms with Crippen molar-refractivity contribution in [2.75, 3.05) is 11.9 Å². The number of nitrogens with one attached hydrogen (secondary N) is 1. The molecule has 4 nitrogen and oxygen atoms in total. The SMILES string of the molecule is CCCCNc1ccc(S(=O)(=O)O)cc1. The fourth-order valence-corrected chi connectivity index (χ4v) is 1.63. The second kappa shape index (κ2) is 5.14. The average molecular weight is 229 g/mol. The standard InChI is InChI=1S/C10H15NO3S/c1-2-3-8-11-9-4-6-10(7-5-9)15(12,13)14/h4-7,11H,2-3,8H2,1H3,(H,12,13,14). The maximum Gasteiger partial charge on any atom is 0.294 e. The molecule has 0 radical (unpaired) electrons. The van der Waals surface area contributed by atoms with Gasteiger partial charge in [0.05, 0.1) is 4.90 Å². The van der Waals surface area contributed by atoms with Crippen molar-refractivity contribution < 1.29 is 13.0 Å². The first kappa shape index (κ1) is 12.0. The molecule has 1 aromatic rings. The Balaban J connectivity index is 2.65. The molecule has 0 atom stereocenters. The third-order valence-corrected chi connectivity index (χ3v) is 2.88. The Kier molecular flexibility index (Phi) is 4.11. The van der Waals surface area contributed by atoms with E-state index in [2.05, 4.69) is 12.2 Å². The van der Waals surface area contributed by atoms with Crippen LogP contribution in [0.2, 0.25) is 0 Å². The van der Waals surface area contributed by atoms with Gasteiger partial charge in [-0.2, -0.15) is 8.42 Å². The van der Waals surface area contributed by atoms with Gasteiger partial charge >= 0.3 is 0 Å². The molecular weight excluding hydrogens is 214 g/mol. The Morgan fingerprint density at radius 1 is 1.27 bits per heavy atom. The minimum Gasteiger partial charge on any atom is -0.385 e. The minimum absolute atomic E-state index is 0.0801. The van der Waals surface area contributed by atoms with Crippen molar-refractivity contribution >= 4 is 15.8 Å². The van der Waals surface area contributed by atoms with Gasteiger partial charge in [0.1, 0.15) is 0 Å². The number of benzene rings is 1. The molecule has 0 bridgehead atoms. The molecule has 0 aromatic heterocycles. The van der Waals surface area contributed by atoms with Crippen LogP contribution in [0.3, 0.4) is 0 Å². The van der Waals surface area contributed by atoms with E-state index in [1.807, 2.05) is 0 Å². The number of hydrogen-bond acceptors (Lipinski definition) is 3. The molecule has 0 aliphatic rings. The van der Waals surface area contributed by atoms with Crippen LogP contribution in [0.5, 0.6) is 0 Å². The van der Waals surface area contributed by atoms with Gasteiger partial charge in [-0.25, -0.2) is 0 Å². The van der Waals surface area contributed by atoms with E-state index in [9.17, 15) is 8.42 Å². The largest absolute Gasteiger partial charge is 0.385 e. The molecule has 0 aliphatic heterocycles. The van der Waals surface area contributed by atoms with Crippen molar-refractivity contribution in [1.29, 1.82) is 0 Å². The Morgan fingerprint density at radius 3 is 2.33 bits per heavy atom. The van der Waals surface area contributed by atoms with Gasteiger partial charge in [0.2, 0.25) is 0 Å². The predicted octanol–water partition coefficient (Wildman–Crippen LogP) is 2.15. The van der Waals surface area contributed by atoms with E-state index in [-0.39, 0.29) is 4.90 Å². The highest BCUT2D eigenvalue weighted by Gasteiger charge is 2.07. The maximum absolute atomic E-state index is 10.7. The minimum atomic E-state index is -4.07. The Labute approximate surface area is 90.1 Å². The maximum atomic E-state index is 10.7. The molecule has 15 heavy (non-hydrogen) atoms. The summed E-state index contributed by atoms with van der Waals surface area (Å²) in [4.78, 5) is -0.0801. The number of unbranched alkanes of at least 4 members (excludes halogenated alkanes) is 1. The Bertz CT molecular complexity index is 397. The third-order valence-electron chi connectivity index (χ3n) is 2.01. The van der Waals surface area contributed by atoms with E-state index in [0.717, 1.165) is 25.1 Å². The first-order valence-corrected chi connectivity index (χ1v) is 6.29. The summed E-state index contributed by atoms with van der Waals surface area (Å²) in [6.45, 7) is 2.96. The first-order valence-electron chi connectivity index (χ1n) is 4.85. The number of rotatable bonds is 5.